The van der Waals surface area contributed by atoms with E-state index in [9.17, 15) is 14.4 Å². The van der Waals surface area contributed by atoms with Gasteiger partial charge < -0.3 is 20.7 Å². The number of carbonyl (C=O) groups is 3. The topological polar surface area (TPSA) is 96.5 Å². The molecule has 0 radical (unpaired) electrons. The van der Waals surface area contributed by atoms with Gasteiger partial charge in [-0.05, 0) is 55.7 Å². The van der Waals surface area contributed by atoms with Crippen molar-refractivity contribution < 1.29 is 19.1 Å². The molecule has 2 atom stereocenters. The molecule has 1 aliphatic heterocycles. The first-order valence-electron chi connectivity index (χ1n) is 11.3. The van der Waals surface area contributed by atoms with E-state index in [1.807, 2.05) is 37.3 Å². The number of rotatable bonds is 7. The molecular formula is C27H27N3O4. The molecule has 1 saturated heterocycles. The lowest BCUT2D eigenvalue weighted by atomic mass is 10.1. The Morgan fingerprint density at radius 2 is 1.65 bits per heavy atom. The van der Waals surface area contributed by atoms with Gasteiger partial charge in [0.05, 0.1) is 17.3 Å². The molecular weight excluding hydrogens is 430 g/mol. The van der Waals surface area contributed by atoms with Gasteiger partial charge in [0.15, 0.2) is 0 Å². The zero-order chi connectivity index (χ0) is 23.9. The summed E-state index contributed by atoms with van der Waals surface area (Å²) in [6, 6.07) is 23.0. The minimum Gasteiger partial charge on any atom is -0.368 e. The van der Waals surface area contributed by atoms with Crippen molar-refractivity contribution in [2.45, 2.75) is 31.9 Å². The van der Waals surface area contributed by atoms with Gasteiger partial charge in [-0.3, -0.25) is 14.4 Å². The minimum atomic E-state index is -0.457. The number of nitrogens with one attached hydrogen (secondary N) is 3. The van der Waals surface area contributed by atoms with Gasteiger partial charge in [-0.1, -0.05) is 48.5 Å². The van der Waals surface area contributed by atoms with Crippen LogP contribution in [0.2, 0.25) is 0 Å². The second kappa shape index (κ2) is 10.8. The molecule has 2 unspecified atom stereocenters. The smallest absolute Gasteiger partial charge is 0.255 e. The molecule has 7 nitrogen and oxygen atoms in total. The lowest BCUT2D eigenvalue weighted by Gasteiger charge is -2.16. The van der Waals surface area contributed by atoms with Gasteiger partial charge in [0.25, 0.3) is 17.7 Å². The number of carbonyl (C=O) groups excluding carboxylic acids is 3. The monoisotopic (exact) mass is 457 g/mol. The van der Waals surface area contributed by atoms with E-state index in [1.165, 1.54) is 0 Å². The van der Waals surface area contributed by atoms with E-state index in [0.717, 1.165) is 12.0 Å². The summed E-state index contributed by atoms with van der Waals surface area (Å²) in [6.45, 7) is 2.49. The Hall–Kier alpha value is -3.97. The molecule has 3 aromatic rings. The van der Waals surface area contributed by atoms with Gasteiger partial charge >= 0.3 is 0 Å². The van der Waals surface area contributed by atoms with Crippen LogP contribution in [0.5, 0.6) is 0 Å². The lowest BCUT2D eigenvalue weighted by molar-refractivity contribution is -0.124. The molecule has 0 aromatic heterocycles. The Kier molecular flexibility index (Phi) is 7.34. The van der Waals surface area contributed by atoms with E-state index in [1.54, 1.807) is 48.5 Å². The molecule has 3 aromatic carbocycles. The maximum atomic E-state index is 12.9. The third kappa shape index (κ3) is 5.68. The van der Waals surface area contributed by atoms with E-state index >= 15 is 0 Å². The fraction of sp³-hybridized carbons (Fsp3) is 0.222. The van der Waals surface area contributed by atoms with E-state index in [-0.39, 0.29) is 23.8 Å². The normalized spacial score (nSPS) is 15.9. The van der Waals surface area contributed by atoms with Crippen molar-refractivity contribution in [3.05, 3.63) is 95.6 Å². The molecule has 1 aliphatic rings. The van der Waals surface area contributed by atoms with Crippen LogP contribution in [0.15, 0.2) is 78.9 Å². The summed E-state index contributed by atoms with van der Waals surface area (Å²) in [5, 5.41) is 8.59. The van der Waals surface area contributed by atoms with E-state index < -0.39 is 6.10 Å². The van der Waals surface area contributed by atoms with Crippen molar-refractivity contribution in [2.24, 2.45) is 0 Å². The quantitative estimate of drug-likeness (QED) is 0.485. The highest BCUT2D eigenvalue weighted by Gasteiger charge is 2.24. The van der Waals surface area contributed by atoms with Crippen LogP contribution in [0.3, 0.4) is 0 Å². The highest BCUT2D eigenvalue weighted by molar-refractivity contribution is 6.09. The van der Waals surface area contributed by atoms with Crippen LogP contribution in [0.1, 0.15) is 52.1 Å². The molecule has 3 N–H and O–H groups in total. The Morgan fingerprint density at radius 3 is 2.41 bits per heavy atom. The van der Waals surface area contributed by atoms with Crippen LogP contribution < -0.4 is 16.0 Å². The van der Waals surface area contributed by atoms with Gasteiger partial charge in [-0.25, -0.2) is 0 Å². The summed E-state index contributed by atoms with van der Waals surface area (Å²) in [5.41, 5.74) is 2.62. The second-order valence-corrected chi connectivity index (χ2v) is 8.18. The summed E-state index contributed by atoms with van der Waals surface area (Å²) >= 11 is 0. The van der Waals surface area contributed by atoms with Crippen LogP contribution in [-0.4, -0.2) is 30.4 Å². The molecule has 0 bridgehead atoms. The Labute approximate surface area is 198 Å². The summed E-state index contributed by atoms with van der Waals surface area (Å²) in [4.78, 5) is 38.2. The number of anilines is 2. The average Bonchev–Trinajstić information content (AvgIpc) is 3.40. The van der Waals surface area contributed by atoms with Crippen LogP contribution in [0.25, 0.3) is 0 Å². The zero-order valence-electron chi connectivity index (χ0n) is 18.9. The van der Waals surface area contributed by atoms with Gasteiger partial charge in [0, 0.05) is 17.9 Å². The standard InChI is InChI=1S/C27H27N3O4/c1-18(19-9-3-2-4-10-19)28-26(32)22-13-5-6-14-23(22)30-25(31)20-11-7-12-21(17-20)29-27(33)24-15-8-16-34-24/h2-7,9-14,17-18,24H,8,15-16H2,1H3,(H,28,32)(H,29,33)(H,30,31). The van der Waals surface area contributed by atoms with Crippen LogP contribution in [-0.2, 0) is 9.53 Å². The first-order valence-corrected chi connectivity index (χ1v) is 11.3. The molecule has 7 heteroatoms. The molecule has 174 valence electrons. The maximum absolute atomic E-state index is 12.9. The molecule has 1 heterocycles. The minimum absolute atomic E-state index is 0.193. The summed E-state index contributed by atoms with van der Waals surface area (Å²) in [5.74, 6) is -0.890. The number of benzene rings is 3. The molecule has 0 spiro atoms. The average molecular weight is 458 g/mol. The number of ether oxygens (including phenoxy) is 1. The predicted octanol–water partition coefficient (Wildman–Crippen LogP) is 4.55. The lowest BCUT2D eigenvalue weighted by Crippen LogP contribution is -2.28. The summed E-state index contributed by atoms with van der Waals surface area (Å²) in [6.07, 6.45) is 1.09. The van der Waals surface area contributed by atoms with E-state index in [0.29, 0.717) is 35.5 Å². The van der Waals surface area contributed by atoms with Crippen LogP contribution in [0.4, 0.5) is 11.4 Å². The second-order valence-electron chi connectivity index (χ2n) is 8.18. The largest absolute Gasteiger partial charge is 0.368 e. The molecule has 1 fully saturated rings. The van der Waals surface area contributed by atoms with Gasteiger partial charge in [-0.15, -0.1) is 0 Å². The predicted molar refractivity (Wildman–Crippen MR) is 131 cm³/mol. The third-order valence-electron chi connectivity index (χ3n) is 5.68. The van der Waals surface area contributed by atoms with Crippen molar-refractivity contribution in [3.8, 4) is 0 Å². The Bertz CT molecular complexity index is 1170. The fourth-order valence-electron chi connectivity index (χ4n) is 3.83. The van der Waals surface area contributed by atoms with Crippen molar-refractivity contribution in [1.82, 2.24) is 5.32 Å². The van der Waals surface area contributed by atoms with Crippen molar-refractivity contribution in [2.75, 3.05) is 17.2 Å². The summed E-state index contributed by atoms with van der Waals surface area (Å²) in [7, 11) is 0. The molecule has 3 amide bonds. The highest BCUT2D eigenvalue weighted by atomic mass is 16.5. The fourth-order valence-corrected chi connectivity index (χ4v) is 3.83. The summed E-state index contributed by atoms with van der Waals surface area (Å²) < 4.78 is 5.41. The van der Waals surface area contributed by atoms with E-state index in [2.05, 4.69) is 16.0 Å². The Morgan fingerprint density at radius 1 is 0.882 bits per heavy atom. The molecule has 4 rings (SSSR count). The van der Waals surface area contributed by atoms with Gasteiger partial charge in [0.2, 0.25) is 0 Å². The number of hydrogen-bond donors (Lipinski definition) is 3. The third-order valence-corrected chi connectivity index (χ3v) is 5.68. The van der Waals surface area contributed by atoms with Crippen molar-refractivity contribution in [3.63, 3.8) is 0 Å². The van der Waals surface area contributed by atoms with Crippen molar-refractivity contribution in [1.29, 1.82) is 0 Å². The Balaban J connectivity index is 1.44. The van der Waals surface area contributed by atoms with Crippen LogP contribution >= 0.6 is 0 Å². The van der Waals surface area contributed by atoms with Crippen LogP contribution in [0, 0.1) is 0 Å². The zero-order valence-corrected chi connectivity index (χ0v) is 18.9. The van der Waals surface area contributed by atoms with Gasteiger partial charge in [0.1, 0.15) is 6.10 Å². The molecule has 0 aliphatic carbocycles. The number of para-hydroxylation sites is 1. The number of hydrogen-bond acceptors (Lipinski definition) is 4. The van der Waals surface area contributed by atoms with E-state index in [4.69, 9.17) is 4.74 Å². The van der Waals surface area contributed by atoms with Crippen molar-refractivity contribution >= 4 is 29.1 Å². The van der Waals surface area contributed by atoms with Gasteiger partial charge in [-0.2, -0.15) is 0 Å². The first kappa shape index (κ1) is 23.2. The maximum Gasteiger partial charge on any atom is 0.255 e. The number of amides is 3. The SMILES string of the molecule is CC(NC(=O)c1ccccc1NC(=O)c1cccc(NC(=O)C2CCCO2)c1)c1ccccc1. The highest BCUT2D eigenvalue weighted by Crippen LogP contribution is 2.20. The molecule has 34 heavy (non-hydrogen) atoms. The molecule has 0 saturated carbocycles. The first-order chi connectivity index (χ1) is 16.5.